The first-order chi connectivity index (χ1) is 13.6. The highest BCUT2D eigenvalue weighted by Crippen LogP contribution is 2.14. The zero-order valence-corrected chi connectivity index (χ0v) is 16.4. The van der Waals surface area contributed by atoms with Crippen LogP contribution in [0.3, 0.4) is 0 Å². The molecular formula is C22H26N2O4. The van der Waals surface area contributed by atoms with Crippen molar-refractivity contribution in [1.29, 1.82) is 0 Å². The number of nitrogens with zero attached hydrogens (tertiary/aromatic N) is 2. The van der Waals surface area contributed by atoms with Gasteiger partial charge >= 0.3 is 11.9 Å². The standard InChI is InChI=1S/C22H26N2O4/c1-27-21(25)19-7-3-17(4-8-19)15-23-11-13-24(14-12-23)16-18-5-9-20(10-6-18)22(26)28-2/h3-10H,11-16H2,1-2H3. The third-order valence-corrected chi connectivity index (χ3v) is 5.03. The molecule has 1 saturated heterocycles. The van der Waals surface area contributed by atoms with Gasteiger partial charge in [-0.3, -0.25) is 9.80 Å². The van der Waals surface area contributed by atoms with Crippen LogP contribution in [-0.2, 0) is 22.6 Å². The molecule has 2 aromatic rings. The van der Waals surface area contributed by atoms with Crippen LogP contribution in [0.1, 0.15) is 31.8 Å². The van der Waals surface area contributed by atoms with Gasteiger partial charge in [-0.1, -0.05) is 24.3 Å². The van der Waals surface area contributed by atoms with Crippen LogP contribution in [0.2, 0.25) is 0 Å². The lowest BCUT2D eigenvalue weighted by Crippen LogP contribution is -2.45. The second-order valence-electron chi connectivity index (χ2n) is 6.93. The smallest absolute Gasteiger partial charge is 0.337 e. The minimum absolute atomic E-state index is 0.306. The topological polar surface area (TPSA) is 59.1 Å². The number of methoxy groups -OCH3 is 2. The summed E-state index contributed by atoms with van der Waals surface area (Å²) in [4.78, 5) is 27.9. The average Bonchev–Trinajstić information content (AvgIpc) is 2.75. The molecule has 0 aliphatic carbocycles. The van der Waals surface area contributed by atoms with E-state index in [4.69, 9.17) is 9.47 Å². The summed E-state index contributed by atoms with van der Waals surface area (Å²) in [7, 11) is 2.78. The zero-order chi connectivity index (χ0) is 19.9. The van der Waals surface area contributed by atoms with E-state index in [9.17, 15) is 9.59 Å². The predicted molar refractivity (Wildman–Crippen MR) is 106 cm³/mol. The van der Waals surface area contributed by atoms with E-state index in [0.717, 1.165) is 39.3 Å². The summed E-state index contributed by atoms with van der Waals surface area (Å²) in [6.07, 6.45) is 0. The van der Waals surface area contributed by atoms with Crippen LogP contribution < -0.4 is 0 Å². The zero-order valence-electron chi connectivity index (χ0n) is 16.4. The van der Waals surface area contributed by atoms with Crippen LogP contribution >= 0.6 is 0 Å². The fraction of sp³-hybridized carbons (Fsp3) is 0.364. The molecule has 6 heteroatoms. The maximum Gasteiger partial charge on any atom is 0.337 e. The SMILES string of the molecule is COC(=O)c1ccc(CN2CCN(Cc3ccc(C(=O)OC)cc3)CC2)cc1. The highest BCUT2D eigenvalue weighted by Gasteiger charge is 2.17. The molecule has 2 aromatic carbocycles. The molecule has 0 saturated carbocycles. The van der Waals surface area contributed by atoms with Gasteiger partial charge < -0.3 is 9.47 Å². The van der Waals surface area contributed by atoms with Gasteiger partial charge in [-0.15, -0.1) is 0 Å². The molecule has 28 heavy (non-hydrogen) atoms. The van der Waals surface area contributed by atoms with Crippen molar-refractivity contribution in [2.24, 2.45) is 0 Å². The second kappa shape index (κ2) is 9.48. The third kappa shape index (κ3) is 5.18. The van der Waals surface area contributed by atoms with Crippen molar-refractivity contribution in [3.63, 3.8) is 0 Å². The normalized spacial score (nSPS) is 15.2. The Morgan fingerprint density at radius 1 is 0.679 bits per heavy atom. The fourth-order valence-electron chi connectivity index (χ4n) is 3.35. The van der Waals surface area contributed by atoms with Gasteiger partial charge in [0.25, 0.3) is 0 Å². The fourth-order valence-corrected chi connectivity index (χ4v) is 3.35. The van der Waals surface area contributed by atoms with Gasteiger partial charge in [0.05, 0.1) is 25.3 Å². The first-order valence-corrected chi connectivity index (χ1v) is 9.38. The molecule has 148 valence electrons. The van der Waals surface area contributed by atoms with Gasteiger partial charge in [-0.05, 0) is 35.4 Å². The van der Waals surface area contributed by atoms with E-state index in [1.54, 1.807) is 0 Å². The number of benzene rings is 2. The number of rotatable bonds is 6. The lowest BCUT2D eigenvalue weighted by atomic mass is 10.1. The Bertz CT molecular complexity index is 725. The molecule has 0 spiro atoms. The summed E-state index contributed by atoms with van der Waals surface area (Å²) < 4.78 is 9.47. The van der Waals surface area contributed by atoms with Crippen LogP contribution in [-0.4, -0.2) is 62.1 Å². The molecule has 1 aliphatic rings. The van der Waals surface area contributed by atoms with E-state index in [1.807, 2.05) is 48.5 Å². The largest absolute Gasteiger partial charge is 0.465 e. The van der Waals surface area contributed by atoms with Crippen LogP contribution in [0.25, 0.3) is 0 Å². The molecule has 0 radical (unpaired) electrons. The Morgan fingerprint density at radius 2 is 1.00 bits per heavy atom. The first-order valence-electron chi connectivity index (χ1n) is 9.38. The first kappa shape index (κ1) is 20.0. The maximum atomic E-state index is 11.5. The lowest BCUT2D eigenvalue weighted by molar-refractivity contribution is 0.0591. The van der Waals surface area contributed by atoms with Crippen LogP contribution in [0.15, 0.2) is 48.5 Å². The Balaban J connectivity index is 1.46. The van der Waals surface area contributed by atoms with Crippen LogP contribution in [0, 0.1) is 0 Å². The molecule has 1 fully saturated rings. The number of hydrogen-bond acceptors (Lipinski definition) is 6. The van der Waals surface area contributed by atoms with E-state index in [0.29, 0.717) is 11.1 Å². The van der Waals surface area contributed by atoms with Crippen molar-refractivity contribution < 1.29 is 19.1 Å². The summed E-state index contributed by atoms with van der Waals surface area (Å²) in [5.74, 6) is -0.612. The third-order valence-electron chi connectivity index (χ3n) is 5.03. The van der Waals surface area contributed by atoms with Crippen molar-refractivity contribution in [3.05, 3.63) is 70.8 Å². The van der Waals surface area contributed by atoms with Crippen molar-refractivity contribution >= 4 is 11.9 Å². The molecule has 6 nitrogen and oxygen atoms in total. The Labute approximate surface area is 165 Å². The van der Waals surface area contributed by atoms with Crippen molar-refractivity contribution in [2.75, 3.05) is 40.4 Å². The maximum absolute atomic E-state index is 11.5. The molecule has 1 heterocycles. The summed E-state index contributed by atoms with van der Waals surface area (Å²) in [5, 5.41) is 0. The highest BCUT2D eigenvalue weighted by molar-refractivity contribution is 5.89. The number of carbonyl (C=O) groups excluding carboxylic acids is 2. The monoisotopic (exact) mass is 382 g/mol. The number of ether oxygens (including phenoxy) is 2. The molecular weight excluding hydrogens is 356 g/mol. The van der Waals surface area contributed by atoms with Crippen molar-refractivity contribution in [2.45, 2.75) is 13.1 Å². The molecule has 0 amide bonds. The predicted octanol–water partition coefficient (Wildman–Crippen LogP) is 2.58. The Kier molecular flexibility index (Phi) is 6.79. The average molecular weight is 382 g/mol. The van der Waals surface area contributed by atoms with Crippen molar-refractivity contribution in [3.8, 4) is 0 Å². The Hall–Kier alpha value is -2.70. The van der Waals surface area contributed by atoms with E-state index in [-0.39, 0.29) is 11.9 Å². The molecule has 0 N–H and O–H groups in total. The molecule has 3 rings (SSSR count). The molecule has 0 unspecified atom stereocenters. The van der Waals surface area contributed by atoms with Gasteiger partial charge in [-0.25, -0.2) is 9.59 Å². The minimum atomic E-state index is -0.306. The summed E-state index contributed by atoms with van der Waals surface area (Å²) in [6, 6.07) is 15.2. The number of esters is 2. The summed E-state index contributed by atoms with van der Waals surface area (Å²) >= 11 is 0. The van der Waals surface area contributed by atoms with Gasteiger partial charge in [0.15, 0.2) is 0 Å². The van der Waals surface area contributed by atoms with E-state index in [2.05, 4.69) is 9.80 Å². The molecule has 0 aromatic heterocycles. The quantitative estimate of drug-likeness (QED) is 0.716. The van der Waals surface area contributed by atoms with Gasteiger partial charge in [0.1, 0.15) is 0 Å². The van der Waals surface area contributed by atoms with Gasteiger partial charge in [-0.2, -0.15) is 0 Å². The lowest BCUT2D eigenvalue weighted by Gasteiger charge is -2.34. The molecule has 0 bridgehead atoms. The van der Waals surface area contributed by atoms with E-state index >= 15 is 0 Å². The van der Waals surface area contributed by atoms with E-state index in [1.165, 1.54) is 25.3 Å². The van der Waals surface area contributed by atoms with Crippen LogP contribution in [0.5, 0.6) is 0 Å². The number of carbonyl (C=O) groups is 2. The number of hydrogen-bond donors (Lipinski definition) is 0. The minimum Gasteiger partial charge on any atom is -0.465 e. The van der Waals surface area contributed by atoms with Gasteiger partial charge in [0, 0.05) is 39.3 Å². The highest BCUT2D eigenvalue weighted by atomic mass is 16.5. The number of piperazine rings is 1. The van der Waals surface area contributed by atoms with Crippen molar-refractivity contribution in [1.82, 2.24) is 9.80 Å². The molecule has 0 atom stereocenters. The second-order valence-corrected chi connectivity index (χ2v) is 6.93. The molecule has 1 aliphatic heterocycles. The summed E-state index contributed by atoms with van der Waals surface area (Å²) in [6.45, 7) is 5.75. The van der Waals surface area contributed by atoms with E-state index < -0.39 is 0 Å². The Morgan fingerprint density at radius 3 is 1.29 bits per heavy atom. The summed E-state index contributed by atoms with van der Waals surface area (Å²) in [5.41, 5.74) is 3.54. The van der Waals surface area contributed by atoms with Gasteiger partial charge in [0.2, 0.25) is 0 Å². The van der Waals surface area contributed by atoms with Crippen LogP contribution in [0.4, 0.5) is 0 Å².